The number of ether oxygens (including phenoxy) is 1. The molecule has 0 aliphatic carbocycles. The van der Waals surface area contributed by atoms with E-state index in [0.29, 0.717) is 23.7 Å². The molecule has 11 heteroatoms. The zero-order chi connectivity index (χ0) is 22.0. The van der Waals surface area contributed by atoms with Crippen LogP contribution in [0.25, 0.3) is 11.3 Å². The Labute approximate surface area is 178 Å². The number of benzene rings is 1. The van der Waals surface area contributed by atoms with E-state index in [0.717, 1.165) is 5.56 Å². The van der Waals surface area contributed by atoms with E-state index in [4.69, 9.17) is 9.15 Å². The summed E-state index contributed by atoms with van der Waals surface area (Å²) >= 11 is 0. The average Bonchev–Trinajstić information content (AvgIpc) is 3.47. The van der Waals surface area contributed by atoms with Gasteiger partial charge >= 0.3 is 5.97 Å². The SMILES string of the molecule is Cc1cc(NC(=O)COC(=O)c2ccc(-c3cnco3)cc2)n(C2CCS(=O)(=O)C2)n1. The number of carbonyl (C=O) groups is 2. The highest BCUT2D eigenvalue weighted by molar-refractivity contribution is 7.91. The minimum atomic E-state index is -3.10. The van der Waals surface area contributed by atoms with Crippen LogP contribution in [0, 0.1) is 6.92 Å². The average molecular weight is 444 g/mol. The number of hydrogen-bond acceptors (Lipinski definition) is 8. The Morgan fingerprint density at radius 1 is 1.29 bits per heavy atom. The molecule has 1 atom stereocenters. The number of anilines is 1. The van der Waals surface area contributed by atoms with Crippen LogP contribution in [0.15, 0.2) is 47.3 Å². The standard InChI is InChI=1S/C20H20N4O6S/c1-13-8-18(24(23-13)16-6-7-31(27,28)11-16)22-19(25)10-29-20(26)15-4-2-14(3-5-15)17-9-21-12-30-17/h2-5,8-9,12,16H,6-7,10-11H2,1H3,(H,22,25). The van der Waals surface area contributed by atoms with Crippen LogP contribution in [0.5, 0.6) is 0 Å². The molecule has 1 fully saturated rings. The number of esters is 1. The quantitative estimate of drug-likeness (QED) is 0.571. The summed E-state index contributed by atoms with van der Waals surface area (Å²) in [7, 11) is -3.10. The van der Waals surface area contributed by atoms with Crippen LogP contribution in [0.2, 0.25) is 0 Å². The molecule has 1 aliphatic heterocycles. The molecule has 1 amide bonds. The topological polar surface area (TPSA) is 133 Å². The van der Waals surface area contributed by atoms with Crippen molar-refractivity contribution in [1.82, 2.24) is 14.8 Å². The Morgan fingerprint density at radius 3 is 2.71 bits per heavy atom. The van der Waals surface area contributed by atoms with E-state index in [-0.39, 0.29) is 23.1 Å². The molecule has 1 N–H and O–H groups in total. The number of sulfone groups is 1. The lowest BCUT2D eigenvalue weighted by atomic mass is 10.1. The predicted octanol–water partition coefficient (Wildman–Crippen LogP) is 2.00. The summed E-state index contributed by atoms with van der Waals surface area (Å²) < 4.78 is 35.3. The number of aromatic nitrogens is 3. The van der Waals surface area contributed by atoms with Crippen molar-refractivity contribution in [3.8, 4) is 11.3 Å². The van der Waals surface area contributed by atoms with Gasteiger partial charge in [-0.25, -0.2) is 22.9 Å². The third-order valence-electron chi connectivity index (χ3n) is 4.85. The molecule has 0 saturated carbocycles. The fourth-order valence-electron chi connectivity index (χ4n) is 3.38. The summed E-state index contributed by atoms with van der Waals surface area (Å²) in [5.74, 6) is -0.176. The van der Waals surface area contributed by atoms with Crippen LogP contribution >= 0.6 is 0 Å². The number of aryl methyl sites for hydroxylation is 1. The first-order chi connectivity index (χ1) is 14.8. The Kier molecular flexibility index (Phi) is 5.59. The molecule has 3 aromatic rings. The molecule has 1 aliphatic rings. The van der Waals surface area contributed by atoms with Gasteiger partial charge in [-0.2, -0.15) is 5.10 Å². The van der Waals surface area contributed by atoms with Crippen LogP contribution in [0.3, 0.4) is 0 Å². The van der Waals surface area contributed by atoms with E-state index in [2.05, 4.69) is 15.4 Å². The first kappa shape index (κ1) is 20.8. The second-order valence-electron chi connectivity index (χ2n) is 7.24. The van der Waals surface area contributed by atoms with E-state index in [9.17, 15) is 18.0 Å². The Morgan fingerprint density at radius 2 is 2.06 bits per heavy atom. The van der Waals surface area contributed by atoms with Gasteiger partial charge < -0.3 is 14.5 Å². The van der Waals surface area contributed by atoms with Crippen molar-refractivity contribution in [3.05, 3.63) is 54.2 Å². The normalized spacial score (nSPS) is 17.4. The summed E-state index contributed by atoms with van der Waals surface area (Å²) in [5, 5.41) is 6.94. The summed E-state index contributed by atoms with van der Waals surface area (Å²) in [6.07, 6.45) is 3.31. The van der Waals surface area contributed by atoms with Crippen molar-refractivity contribution < 1.29 is 27.2 Å². The number of oxazole rings is 1. The summed E-state index contributed by atoms with van der Waals surface area (Å²) in [6, 6.07) is 7.82. The number of rotatable bonds is 6. The van der Waals surface area contributed by atoms with Crippen molar-refractivity contribution in [1.29, 1.82) is 0 Å². The highest BCUT2D eigenvalue weighted by atomic mass is 32.2. The van der Waals surface area contributed by atoms with E-state index >= 15 is 0 Å². The number of hydrogen-bond donors (Lipinski definition) is 1. The number of amides is 1. The Balaban J connectivity index is 1.35. The second kappa shape index (κ2) is 8.34. The van der Waals surface area contributed by atoms with Crippen molar-refractivity contribution in [2.24, 2.45) is 0 Å². The summed E-state index contributed by atoms with van der Waals surface area (Å²) in [5.41, 5.74) is 1.68. The zero-order valence-corrected chi connectivity index (χ0v) is 17.5. The molecule has 4 rings (SSSR count). The van der Waals surface area contributed by atoms with Gasteiger partial charge in [0.1, 0.15) is 5.82 Å². The molecule has 1 aromatic carbocycles. The third kappa shape index (κ3) is 4.82. The van der Waals surface area contributed by atoms with Gasteiger partial charge in [-0.3, -0.25) is 4.79 Å². The van der Waals surface area contributed by atoms with Gasteiger partial charge in [0.15, 0.2) is 28.6 Å². The fourth-order valence-corrected chi connectivity index (χ4v) is 5.07. The molecule has 1 saturated heterocycles. The molecular weight excluding hydrogens is 424 g/mol. The summed E-state index contributed by atoms with van der Waals surface area (Å²) in [4.78, 5) is 28.4. The van der Waals surface area contributed by atoms with Gasteiger partial charge in [0.05, 0.1) is 35.0 Å². The van der Waals surface area contributed by atoms with Gasteiger partial charge in [-0.05, 0) is 25.5 Å². The molecule has 0 spiro atoms. The van der Waals surface area contributed by atoms with Crippen molar-refractivity contribution in [2.45, 2.75) is 19.4 Å². The highest BCUT2D eigenvalue weighted by Crippen LogP contribution is 2.27. The molecule has 31 heavy (non-hydrogen) atoms. The maximum atomic E-state index is 12.3. The van der Waals surface area contributed by atoms with E-state index in [1.54, 1.807) is 43.5 Å². The van der Waals surface area contributed by atoms with Crippen LogP contribution in [0.4, 0.5) is 5.82 Å². The van der Waals surface area contributed by atoms with E-state index in [1.165, 1.54) is 11.1 Å². The Bertz CT molecular complexity index is 1200. The molecular formula is C20H20N4O6S. The maximum Gasteiger partial charge on any atom is 0.338 e. The second-order valence-corrected chi connectivity index (χ2v) is 9.47. The van der Waals surface area contributed by atoms with Crippen LogP contribution < -0.4 is 5.32 Å². The van der Waals surface area contributed by atoms with E-state index < -0.39 is 28.3 Å². The van der Waals surface area contributed by atoms with Gasteiger partial charge in [-0.1, -0.05) is 12.1 Å². The lowest BCUT2D eigenvalue weighted by molar-refractivity contribution is -0.119. The van der Waals surface area contributed by atoms with Crippen LogP contribution in [-0.4, -0.2) is 53.2 Å². The monoisotopic (exact) mass is 444 g/mol. The van der Waals surface area contributed by atoms with Gasteiger partial charge in [0.25, 0.3) is 5.91 Å². The van der Waals surface area contributed by atoms with E-state index in [1.807, 2.05) is 0 Å². The molecule has 10 nitrogen and oxygen atoms in total. The lowest BCUT2D eigenvalue weighted by Gasteiger charge is -2.14. The third-order valence-corrected chi connectivity index (χ3v) is 6.60. The number of carbonyl (C=O) groups excluding carboxylic acids is 2. The van der Waals surface area contributed by atoms with Crippen molar-refractivity contribution in [3.63, 3.8) is 0 Å². The Hall–Kier alpha value is -3.47. The van der Waals surface area contributed by atoms with Gasteiger partial charge in [0.2, 0.25) is 0 Å². The summed E-state index contributed by atoms with van der Waals surface area (Å²) in [6.45, 7) is 1.26. The largest absolute Gasteiger partial charge is 0.452 e. The van der Waals surface area contributed by atoms with Gasteiger partial charge in [0, 0.05) is 11.6 Å². The van der Waals surface area contributed by atoms with Crippen molar-refractivity contribution in [2.75, 3.05) is 23.4 Å². The molecule has 162 valence electrons. The smallest absolute Gasteiger partial charge is 0.338 e. The van der Waals surface area contributed by atoms with Crippen LogP contribution in [-0.2, 0) is 19.4 Å². The number of nitrogens with zero attached hydrogens (tertiary/aromatic N) is 3. The number of nitrogens with one attached hydrogen (secondary N) is 1. The minimum absolute atomic E-state index is 0.0178. The van der Waals surface area contributed by atoms with Crippen LogP contribution in [0.1, 0.15) is 28.5 Å². The lowest BCUT2D eigenvalue weighted by Crippen LogP contribution is -2.24. The molecule has 0 bridgehead atoms. The fraction of sp³-hybridized carbons (Fsp3) is 0.300. The van der Waals surface area contributed by atoms with Crippen molar-refractivity contribution >= 4 is 27.5 Å². The first-order valence-corrected chi connectivity index (χ1v) is 11.4. The predicted molar refractivity (Wildman–Crippen MR) is 110 cm³/mol. The minimum Gasteiger partial charge on any atom is -0.452 e. The first-order valence-electron chi connectivity index (χ1n) is 9.53. The maximum absolute atomic E-state index is 12.3. The molecule has 0 radical (unpaired) electrons. The molecule has 1 unspecified atom stereocenters. The van der Waals surface area contributed by atoms with Gasteiger partial charge in [-0.15, -0.1) is 0 Å². The molecule has 3 heterocycles. The highest BCUT2D eigenvalue weighted by Gasteiger charge is 2.31. The molecule has 2 aromatic heterocycles. The zero-order valence-electron chi connectivity index (χ0n) is 16.6.